The number of aliphatic imine (C=N–C) groups is 1. The van der Waals surface area contributed by atoms with Crippen LogP contribution < -0.4 is 11.1 Å². The zero-order chi connectivity index (χ0) is 28.6. The van der Waals surface area contributed by atoms with Crippen molar-refractivity contribution in [2.75, 3.05) is 0 Å². The molecule has 5 rings (SSSR count). The van der Waals surface area contributed by atoms with E-state index in [2.05, 4.69) is 10.3 Å². The first-order valence-corrected chi connectivity index (χ1v) is 14.0. The van der Waals surface area contributed by atoms with Crippen molar-refractivity contribution in [1.29, 1.82) is 0 Å². The molecule has 3 aliphatic rings. The van der Waals surface area contributed by atoms with Crippen molar-refractivity contribution in [2.24, 2.45) is 28.5 Å². The number of alkyl halides is 3. The Morgan fingerprint density at radius 2 is 1.75 bits per heavy atom. The molecule has 2 aromatic carbocycles. The van der Waals surface area contributed by atoms with Gasteiger partial charge in [0.05, 0.1) is 5.71 Å². The van der Waals surface area contributed by atoms with Crippen molar-refractivity contribution in [1.82, 2.24) is 5.32 Å². The minimum Gasteiger partial charge on any atom is -0.369 e. The number of nitrogens with one attached hydrogen (secondary N) is 1. The molecule has 1 aliphatic heterocycles. The summed E-state index contributed by atoms with van der Waals surface area (Å²) in [6, 6.07) is 12.8. The highest BCUT2D eigenvalue weighted by molar-refractivity contribution is 6.30. The Morgan fingerprint density at radius 3 is 2.35 bits per heavy atom. The SMILES string of the molecule is NC(=O)[C@@H](CC1CC1)[C@@H](CCC(F)(F)F)C(=O)N[C@H]1N=C(c2ccc(Cl)cc2)c2cccc(C3CC3)c2CC1=O. The van der Waals surface area contributed by atoms with Gasteiger partial charge in [-0.3, -0.25) is 19.4 Å². The quantitative estimate of drug-likeness (QED) is 0.393. The molecule has 40 heavy (non-hydrogen) atoms. The highest BCUT2D eigenvalue weighted by Crippen LogP contribution is 2.43. The largest absolute Gasteiger partial charge is 0.389 e. The molecule has 2 amide bonds. The average Bonchev–Trinajstić information content (AvgIpc) is 3.80. The van der Waals surface area contributed by atoms with Crippen molar-refractivity contribution in [3.63, 3.8) is 0 Å². The number of nitrogens with zero attached hydrogens (tertiary/aromatic N) is 1. The van der Waals surface area contributed by atoms with E-state index < -0.39 is 48.8 Å². The van der Waals surface area contributed by atoms with Crippen LogP contribution in [0.2, 0.25) is 5.02 Å². The van der Waals surface area contributed by atoms with Crippen LogP contribution in [-0.2, 0) is 20.8 Å². The van der Waals surface area contributed by atoms with Crippen LogP contribution in [-0.4, -0.2) is 35.7 Å². The monoisotopic (exact) mass is 573 g/mol. The second-order valence-electron chi connectivity index (χ2n) is 11.1. The van der Waals surface area contributed by atoms with Gasteiger partial charge in [-0.05, 0) is 60.8 Å². The van der Waals surface area contributed by atoms with E-state index >= 15 is 0 Å². The number of primary amides is 1. The summed E-state index contributed by atoms with van der Waals surface area (Å²) in [6.45, 7) is 0. The smallest absolute Gasteiger partial charge is 0.369 e. The van der Waals surface area contributed by atoms with Gasteiger partial charge in [0.15, 0.2) is 11.9 Å². The van der Waals surface area contributed by atoms with Crippen LogP contribution in [0.4, 0.5) is 13.2 Å². The van der Waals surface area contributed by atoms with Gasteiger partial charge in [0.2, 0.25) is 11.8 Å². The minimum atomic E-state index is -4.51. The number of carbonyl (C=O) groups is 3. The van der Waals surface area contributed by atoms with E-state index in [1.54, 1.807) is 24.3 Å². The Kier molecular flexibility index (Phi) is 8.04. The van der Waals surface area contributed by atoms with Crippen LogP contribution >= 0.6 is 11.6 Å². The molecule has 0 saturated heterocycles. The van der Waals surface area contributed by atoms with Crippen LogP contribution in [0.5, 0.6) is 0 Å². The Bertz CT molecular complexity index is 1330. The van der Waals surface area contributed by atoms with Gasteiger partial charge in [-0.25, -0.2) is 0 Å². The lowest BCUT2D eigenvalue weighted by Crippen LogP contribution is -2.47. The molecule has 0 spiro atoms. The third-order valence-electron chi connectivity index (χ3n) is 8.01. The van der Waals surface area contributed by atoms with Crippen molar-refractivity contribution in [3.8, 4) is 0 Å². The summed E-state index contributed by atoms with van der Waals surface area (Å²) < 4.78 is 39.6. The van der Waals surface area contributed by atoms with E-state index in [0.29, 0.717) is 22.2 Å². The number of amides is 2. The maximum absolute atomic E-state index is 13.6. The van der Waals surface area contributed by atoms with Crippen LogP contribution in [0.1, 0.15) is 73.1 Å². The van der Waals surface area contributed by atoms with Gasteiger partial charge in [-0.2, -0.15) is 13.2 Å². The Hall–Kier alpha value is -3.20. The molecule has 0 unspecified atom stereocenters. The normalized spacial score (nSPS) is 20.6. The lowest BCUT2D eigenvalue weighted by molar-refractivity contribution is -0.146. The van der Waals surface area contributed by atoms with Gasteiger partial charge in [0, 0.05) is 40.8 Å². The van der Waals surface area contributed by atoms with Gasteiger partial charge in [0.1, 0.15) is 0 Å². The van der Waals surface area contributed by atoms with Crippen LogP contribution in [0.25, 0.3) is 0 Å². The molecule has 212 valence electrons. The van der Waals surface area contributed by atoms with E-state index in [9.17, 15) is 27.6 Å². The van der Waals surface area contributed by atoms with Crippen LogP contribution in [0.15, 0.2) is 47.5 Å². The van der Waals surface area contributed by atoms with Gasteiger partial charge in [0.25, 0.3) is 0 Å². The lowest BCUT2D eigenvalue weighted by atomic mass is 9.83. The zero-order valence-corrected chi connectivity index (χ0v) is 22.6. The zero-order valence-electron chi connectivity index (χ0n) is 21.8. The molecule has 2 fully saturated rings. The Labute approximate surface area is 235 Å². The summed E-state index contributed by atoms with van der Waals surface area (Å²) >= 11 is 6.10. The van der Waals surface area contributed by atoms with E-state index in [0.717, 1.165) is 42.4 Å². The number of carbonyl (C=O) groups excluding carboxylic acids is 3. The first-order chi connectivity index (χ1) is 19.0. The second kappa shape index (κ2) is 11.4. The average molecular weight is 574 g/mol. The van der Waals surface area contributed by atoms with Crippen molar-refractivity contribution in [2.45, 2.75) is 69.6 Å². The maximum atomic E-state index is 13.6. The van der Waals surface area contributed by atoms with E-state index in [4.69, 9.17) is 17.3 Å². The summed E-state index contributed by atoms with van der Waals surface area (Å²) in [5, 5.41) is 3.13. The molecular formula is C30H31ClF3N3O3. The molecule has 0 radical (unpaired) electrons. The molecule has 3 atom stereocenters. The predicted molar refractivity (Wildman–Crippen MR) is 145 cm³/mol. The van der Waals surface area contributed by atoms with E-state index in [-0.39, 0.29) is 24.5 Å². The number of ketones is 1. The van der Waals surface area contributed by atoms with Crippen molar-refractivity contribution < 1.29 is 27.6 Å². The third kappa shape index (κ3) is 6.74. The fourth-order valence-electron chi connectivity index (χ4n) is 5.56. The summed E-state index contributed by atoms with van der Waals surface area (Å²) in [7, 11) is 0. The maximum Gasteiger partial charge on any atom is 0.389 e. The number of rotatable bonds is 10. The highest BCUT2D eigenvalue weighted by atomic mass is 35.5. The molecule has 10 heteroatoms. The van der Waals surface area contributed by atoms with Gasteiger partial charge in [-0.15, -0.1) is 0 Å². The fourth-order valence-corrected chi connectivity index (χ4v) is 5.69. The number of hydrogen-bond donors (Lipinski definition) is 2. The number of benzene rings is 2. The highest BCUT2D eigenvalue weighted by Gasteiger charge is 2.41. The molecule has 0 aromatic heterocycles. The van der Waals surface area contributed by atoms with Gasteiger partial charge in [-0.1, -0.05) is 54.8 Å². The van der Waals surface area contributed by atoms with Crippen molar-refractivity contribution >= 4 is 34.9 Å². The summed E-state index contributed by atoms with van der Waals surface area (Å²) in [6.07, 6.45) is -3.70. The van der Waals surface area contributed by atoms with Crippen LogP contribution in [0.3, 0.4) is 0 Å². The standard InChI is InChI=1S/C30H31ClF3N3O3/c31-19-10-8-18(9-11-19)26-21-3-1-2-20(17-6-7-17)23(21)15-25(38)28(36-26)37-29(40)22(12-13-30(32,33)34)24(27(35)39)14-16-4-5-16/h1-3,8-11,16-17,22,24,28H,4-7,12-15H2,(H2,35,39)(H,37,40)/t22-,24+,28-/m1/s1. The molecule has 2 aromatic rings. The van der Waals surface area contributed by atoms with Crippen molar-refractivity contribution in [3.05, 3.63) is 69.7 Å². The minimum absolute atomic E-state index is 0.0160. The van der Waals surface area contributed by atoms with Gasteiger partial charge >= 0.3 is 6.18 Å². The lowest BCUT2D eigenvalue weighted by Gasteiger charge is -2.26. The molecule has 6 nitrogen and oxygen atoms in total. The predicted octanol–water partition coefficient (Wildman–Crippen LogP) is 5.48. The Morgan fingerprint density at radius 1 is 1.05 bits per heavy atom. The number of nitrogens with two attached hydrogens (primary N) is 1. The molecule has 2 aliphatic carbocycles. The number of fused-ring (bicyclic) bond motifs is 1. The molecule has 0 bridgehead atoms. The summed E-state index contributed by atoms with van der Waals surface area (Å²) in [5.74, 6) is -3.88. The van der Waals surface area contributed by atoms with E-state index in [1.807, 2.05) is 18.2 Å². The molecule has 2 saturated carbocycles. The molecule has 3 N–H and O–H groups in total. The fraction of sp³-hybridized carbons (Fsp3) is 0.467. The Balaban J connectivity index is 1.49. The number of hydrogen-bond acceptors (Lipinski definition) is 4. The third-order valence-corrected chi connectivity index (χ3v) is 8.26. The molecule has 1 heterocycles. The van der Waals surface area contributed by atoms with Crippen LogP contribution in [0, 0.1) is 17.8 Å². The summed E-state index contributed by atoms with van der Waals surface area (Å²) in [5.41, 5.74) is 9.45. The number of Topliss-reactive ketones (excluding diaryl/α,β-unsaturated/α-hetero) is 1. The molecular weight excluding hydrogens is 543 g/mol. The van der Waals surface area contributed by atoms with E-state index in [1.165, 1.54) is 0 Å². The first kappa shape index (κ1) is 28.3. The van der Waals surface area contributed by atoms with Gasteiger partial charge < -0.3 is 11.1 Å². The second-order valence-corrected chi connectivity index (χ2v) is 11.6. The topological polar surface area (TPSA) is 102 Å². The summed E-state index contributed by atoms with van der Waals surface area (Å²) in [4.78, 5) is 44.1. The first-order valence-electron chi connectivity index (χ1n) is 13.6. The number of halogens is 4.